The number of benzene rings is 1. The molecule has 1 aromatic carbocycles. The van der Waals surface area contributed by atoms with Crippen molar-refractivity contribution >= 4 is 15.9 Å². The molecule has 2 rings (SSSR count). The van der Waals surface area contributed by atoms with Gasteiger partial charge in [0.2, 0.25) is 0 Å². The fourth-order valence-corrected chi connectivity index (χ4v) is 2.27. The van der Waals surface area contributed by atoms with Crippen molar-refractivity contribution in [2.75, 3.05) is 11.9 Å². The Morgan fingerprint density at radius 1 is 1.25 bits per heavy atom. The van der Waals surface area contributed by atoms with Gasteiger partial charge >= 0.3 is 0 Å². The van der Waals surface area contributed by atoms with Crippen molar-refractivity contribution in [1.29, 1.82) is 0 Å². The highest BCUT2D eigenvalue weighted by atomic mass is 79.9. The number of nitrogens with zero attached hydrogens (tertiary/aromatic N) is 1. The molecule has 0 bridgehead atoms. The van der Waals surface area contributed by atoms with Gasteiger partial charge in [0.25, 0.3) is 0 Å². The average molecular weight is 290 g/mol. The highest BCUT2D eigenvalue weighted by Crippen LogP contribution is 2.28. The van der Waals surface area contributed by atoms with Crippen LogP contribution in [0.1, 0.15) is 18.4 Å². The van der Waals surface area contributed by atoms with E-state index in [2.05, 4.69) is 20.8 Å². The quantitative estimate of drug-likeness (QED) is 0.752. The van der Waals surface area contributed by atoms with Crippen LogP contribution in [-0.4, -0.2) is 22.8 Å². The van der Waals surface area contributed by atoms with Gasteiger partial charge < -0.3 is 0 Å². The third-order valence-corrected chi connectivity index (χ3v) is 3.16. The summed E-state index contributed by atoms with van der Waals surface area (Å²) in [6, 6.07) is 4.77. The van der Waals surface area contributed by atoms with Crippen LogP contribution in [0.15, 0.2) is 18.2 Å². The molecular formula is C12H14BrF2N. The summed E-state index contributed by atoms with van der Waals surface area (Å²) in [7, 11) is 0. The van der Waals surface area contributed by atoms with Gasteiger partial charge in [0.15, 0.2) is 11.6 Å². The summed E-state index contributed by atoms with van der Waals surface area (Å²) < 4.78 is 25.8. The Labute approximate surface area is 103 Å². The normalized spacial score (nSPS) is 15.8. The first kappa shape index (κ1) is 12.0. The number of rotatable bonds is 5. The molecule has 0 atom stereocenters. The van der Waals surface area contributed by atoms with Crippen molar-refractivity contribution in [3.63, 3.8) is 0 Å². The molecule has 1 aliphatic rings. The van der Waals surface area contributed by atoms with Crippen LogP contribution in [0.25, 0.3) is 0 Å². The predicted octanol–water partition coefficient (Wildman–Crippen LogP) is 3.32. The van der Waals surface area contributed by atoms with Crippen LogP contribution < -0.4 is 0 Å². The highest BCUT2D eigenvalue weighted by molar-refractivity contribution is 9.09. The summed E-state index contributed by atoms with van der Waals surface area (Å²) in [5.41, 5.74) is 0.840. The molecule has 1 nitrogen and oxygen atoms in total. The standard InChI is InChI=1S/C12H14BrF2N/c13-5-6-16(10-2-3-10)8-9-1-4-11(14)12(15)7-9/h1,4,7,10H,2-3,5-6,8H2. The van der Waals surface area contributed by atoms with Gasteiger partial charge in [-0.3, -0.25) is 4.90 Å². The second-order valence-corrected chi connectivity index (χ2v) is 4.93. The number of alkyl halides is 1. The highest BCUT2D eigenvalue weighted by Gasteiger charge is 2.28. The Morgan fingerprint density at radius 3 is 2.56 bits per heavy atom. The topological polar surface area (TPSA) is 3.24 Å². The summed E-state index contributed by atoms with van der Waals surface area (Å²) in [5.74, 6) is -1.53. The van der Waals surface area contributed by atoms with E-state index in [9.17, 15) is 8.78 Å². The van der Waals surface area contributed by atoms with Crippen LogP contribution in [0, 0.1) is 11.6 Å². The second-order valence-electron chi connectivity index (χ2n) is 4.14. The van der Waals surface area contributed by atoms with E-state index in [0.29, 0.717) is 12.6 Å². The van der Waals surface area contributed by atoms with Gasteiger partial charge in [-0.05, 0) is 30.5 Å². The lowest BCUT2D eigenvalue weighted by Gasteiger charge is -2.20. The van der Waals surface area contributed by atoms with Crippen LogP contribution >= 0.6 is 15.9 Å². The Kier molecular flexibility index (Phi) is 3.92. The van der Waals surface area contributed by atoms with E-state index in [-0.39, 0.29) is 0 Å². The van der Waals surface area contributed by atoms with Gasteiger partial charge in [-0.15, -0.1) is 0 Å². The summed E-state index contributed by atoms with van der Waals surface area (Å²) in [6.45, 7) is 1.65. The largest absolute Gasteiger partial charge is 0.295 e. The van der Waals surface area contributed by atoms with Crippen LogP contribution in [0.2, 0.25) is 0 Å². The van der Waals surface area contributed by atoms with E-state index < -0.39 is 11.6 Å². The molecule has 0 aromatic heterocycles. The SMILES string of the molecule is Fc1ccc(CN(CCBr)C2CC2)cc1F. The Morgan fingerprint density at radius 2 is 2.00 bits per heavy atom. The van der Waals surface area contributed by atoms with E-state index in [1.54, 1.807) is 6.07 Å². The second kappa shape index (κ2) is 5.23. The van der Waals surface area contributed by atoms with E-state index in [4.69, 9.17) is 0 Å². The molecule has 0 aliphatic heterocycles. The minimum Gasteiger partial charge on any atom is -0.295 e. The van der Waals surface area contributed by atoms with E-state index in [1.807, 2.05) is 0 Å². The van der Waals surface area contributed by atoms with Gasteiger partial charge in [-0.1, -0.05) is 22.0 Å². The molecule has 1 saturated carbocycles. The van der Waals surface area contributed by atoms with Crippen molar-refractivity contribution in [1.82, 2.24) is 4.90 Å². The molecule has 16 heavy (non-hydrogen) atoms. The molecule has 0 radical (unpaired) electrons. The first-order valence-corrected chi connectivity index (χ1v) is 6.57. The fraction of sp³-hybridized carbons (Fsp3) is 0.500. The van der Waals surface area contributed by atoms with Gasteiger partial charge in [0.1, 0.15) is 0 Å². The molecule has 0 spiro atoms. The maximum Gasteiger partial charge on any atom is 0.159 e. The van der Waals surface area contributed by atoms with Crippen molar-refractivity contribution in [3.8, 4) is 0 Å². The lowest BCUT2D eigenvalue weighted by molar-refractivity contribution is 0.272. The van der Waals surface area contributed by atoms with Crippen LogP contribution in [0.5, 0.6) is 0 Å². The zero-order chi connectivity index (χ0) is 11.5. The van der Waals surface area contributed by atoms with Gasteiger partial charge in [-0.2, -0.15) is 0 Å². The third-order valence-electron chi connectivity index (χ3n) is 2.80. The summed E-state index contributed by atoms with van der Waals surface area (Å²) >= 11 is 3.41. The predicted molar refractivity (Wildman–Crippen MR) is 63.6 cm³/mol. The fourth-order valence-electron chi connectivity index (χ4n) is 1.81. The lowest BCUT2D eigenvalue weighted by Crippen LogP contribution is -2.27. The third kappa shape index (κ3) is 3.01. The smallest absolute Gasteiger partial charge is 0.159 e. The van der Waals surface area contributed by atoms with Gasteiger partial charge in [0, 0.05) is 24.5 Å². The van der Waals surface area contributed by atoms with E-state index in [1.165, 1.54) is 25.0 Å². The molecule has 4 heteroatoms. The molecule has 88 valence electrons. The van der Waals surface area contributed by atoms with Crippen LogP contribution in [0.4, 0.5) is 8.78 Å². The number of hydrogen-bond donors (Lipinski definition) is 0. The van der Waals surface area contributed by atoms with Gasteiger partial charge in [-0.25, -0.2) is 8.78 Å². The van der Waals surface area contributed by atoms with Crippen molar-refractivity contribution in [3.05, 3.63) is 35.4 Å². The molecule has 0 N–H and O–H groups in total. The summed E-state index contributed by atoms with van der Waals surface area (Å²) in [6.07, 6.45) is 2.44. The Hall–Kier alpha value is -0.480. The Balaban J connectivity index is 2.03. The zero-order valence-electron chi connectivity index (χ0n) is 8.93. The first-order chi connectivity index (χ1) is 7.70. The molecule has 1 aliphatic carbocycles. The lowest BCUT2D eigenvalue weighted by atomic mass is 10.2. The van der Waals surface area contributed by atoms with Crippen molar-refractivity contribution in [2.45, 2.75) is 25.4 Å². The summed E-state index contributed by atoms with van der Waals surface area (Å²) in [5, 5.41) is 0.910. The average Bonchev–Trinajstić information content (AvgIpc) is 3.06. The molecule has 0 unspecified atom stereocenters. The maximum absolute atomic E-state index is 13.0. The maximum atomic E-state index is 13.0. The molecular weight excluding hydrogens is 276 g/mol. The number of hydrogen-bond acceptors (Lipinski definition) is 1. The molecule has 1 aromatic rings. The summed E-state index contributed by atoms with van der Waals surface area (Å²) in [4.78, 5) is 2.31. The molecule has 0 amide bonds. The monoisotopic (exact) mass is 289 g/mol. The molecule has 1 fully saturated rings. The van der Waals surface area contributed by atoms with Gasteiger partial charge in [0.05, 0.1) is 0 Å². The van der Waals surface area contributed by atoms with E-state index >= 15 is 0 Å². The zero-order valence-corrected chi connectivity index (χ0v) is 10.5. The molecule has 0 heterocycles. The Bertz CT molecular complexity index is 366. The number of halogens is 3. The minimum absolute atomic E-state index is 0.630. The first-order valence-electron chi connectivity index (χ1n) is 5.44. The minimum atomic E-state index is -0.776. The van der Waals surface area contributed by atoms with Crippen LogP contribution in [-0.2, 0) is 6.54 Å². The molecule has 0 saturated heterocycles. The van der Waals surface area contributed by atoms with E-state index in [0.717, 1.165) is 17.4 Å². The van der Waals surface area contributed by atoms with Crippen molar-refractivity contribution in [2.24, 2.45) is 0 Å². The van der Waals surface area contributed by atoms with Crippen molar-refractivity contribution < 1.29 is 8.78 Å². The van der Waals surface area contributed by atoms with Crippen LogP contribution in [0.3, 0.4) is 0 Å².